The molecule has 1 aliphatic rings. The molecule has 3 heterocycles. The molecule has 8 heteroatoms. The van der Waals surface area contributed by atoms with E-state index < -0.39 is 9.84 Å². The molecule has 3 rings (SSSR count). The monoisotopic (exact) mass is 374 g/mol. The first-order valence-corrected chi connectivity index (χ1v) is 10.4. The number of hydrogen-bond donors (Lipinski definition) is 1. The van der Waals surface area contributed by atoms with Gasteiger partial charge in [-0.15, -0.1) is 0 Å². The Morgan fingerprint density at radius 1 is 1.27 bits per heavy atom. The summed E-state index contributed by atoms with van der Waals surface area (Å²) < 4.78 is 23.5. The number of hydrogen-bond acceptors (Lipinski definition) is 6. The Hall–Kier alpha value is -2.48. The van der Waals surface area contributed by atoms with Gasteiger partial charge in [0.2, 0.25) is 0 Å². The molecule has 0 aromatic carbocycles. The molecule has 1 atom stereocenters. The van der Waals surface area contributed by atoms with Crippen molar-refractivity contribution in [1.82, 2.24) is 15.3 Å². The third-order valence-corrected chi connectivity index (χ3v) is 6.25. The highest BCUT2D eigenvalue weighted by atomic mass is 32.2. The number of aromatic nitrogens is 2. The van der Waals surface area contributed by atoms with Crippen molar-refractivity contribution in [3.05, 3.63) is 54.1 Å². The third kappa shape index (κ3) is 4.37. The van der Waals surface area contributed by atoms with Crippen molar-refractivity contribution in [2.24, 2.45) is 0 Å². The lowest BCUT2D eigenvalue weighted by Crippen LogP contribution is -2.36. The van der Waals surface area contributed by atoms with E-state index in [0.29, 0.717) is 25.2 Å². The van der Waals surface area contributed by atoms with Crippen molar-refractivity contribution in [3.8, 4) is 0 Å². The topological polar surface area (TPSA) is 92.3 Å². The van der Waals surface area contributed by atoms with Crippen LogP contribution < -0.4 is 10.2 Å². The van der Waals surface area contributed by atoms with Crippen molar-refractivity contribution >= 4 is 21.4 Å². The van der Waals surface area contributed by atoms with Crippen molar-refractivity contribution in [2.75, 3.05) is 23.0 Å². The zero-order chi connectivity index (χ0) is 18.6. The zero-order valence-corrected chi connectivity index (χ0v) is 15.4. The van der Waals surface area contributed by atoms with E-state index >= 15 is 0 Å². The summed E-state index contributed by atoms with van der Waals surface area (Å²) in [6, 6.07) is 7.14. The van der Waals surface area contributed by atoms with E-state index in [1.165, 1.54) is 0 Å². The van der Waals surface area contributed by atoms with Crippen molar-refractivity contribution < 1.29 is 13.2 Å². The number of rotatable bonds is 6. The van der Waals surface area contributed by atoms with Gasteiger partial charge in [-0.2, -0.15) is 0 Å². The van der Waals surface area contributed by atoms with Crippen LogP contribution in [-0.2, 0) is 16.4 Å². The van der Waals surface area contributed by atoms with Gasteiger partial charge in [0, 0.05) is 31.5 Å². The van der Waals surface area contributed by atoms with Crippen LogP contribution in [0.1, 0.15) is 29.4 Å². The predicted octanol–water partition coefficient (Wildman–Crippen LogP) is 1.42. The Bertz CT molecular complexity index is 854. The van der Waals surface area contributed by atoms with Crippen LogP contribution in [0.5, 0.6) is 0 Å². The number of carbonyl (C=O) groups excluding carboxylic acids is 1. The van der Waals surface area contributed by atoms with Gasteiger partial charge in [-0.05, 0) is 43.2 Å². The van der Waals surface area contributed by atoms with E-state index in [0.717, 1.165) is 11.3 Å². The zero-order valence-electron chi connectivity index (χ0n) is 14.6. The largest absolute Gasteiger partial charge is 0.367 e. The first-order valence-electron chi connectivity index (χ1n) is 8.59. The minimum Gasteiger partial charge on any atom is -0.367 e. The smallest absolute Gasteiger partial charge is 0.270 e. The van der Waals surface area contributed by atoms with Gasteiger partial charge in [-0.1, -0.05) is 0 Å². The molecule has 1 unspecified atom stereocenters. The first-order chi connectivity index (χ1) is 12.5. The molecule has 138 valence electrons. The highest BCUT2D eigenvalue weighted by molar-refractivity contribution is 7.91. The van der Waals surface area contributed by atoms with Gasteiger partial charge in [-0.3, -0.25) is 9.78 Å². The molecule has 0 bridgehead atoms. The Kier molecular flexibility index (Phi) is 5.51. The average Bonchev–Trinajstić information content (AvgIpc) is 3.01. The highest BCUT2D eigenvalue weighted by Crippen LogP contribution is 2.23. The van der Waals surface area contributed by atoms with Crippen LogP contribution >= 0.6 is 0 Å². The number of carbonyl (C=O) groups is 1. The van der Waals surface area contributed by atoms with Gasteiger partial charge in [0.25, 0.3) is 5.91 Å². The third-order valence-electron chi connectivity index (χ3n) is 4.50. The molecule has 0 radical (unpaired) electrons. The molecule has 1 fully saturated rings. The van der Waals surface area contributed by atoms with Crippen LogP contribution in [0.3, 0.4) is 0 Å². The normalized spacial score (nSPS) is 18.4. The van der Waals surface area contributed by atoms with Gasteiger partial charge in [-0.25, -0.2) is 13.4 Å². The van der Waals surface area contributed by atoms with Gasteiger partial charge >= 0.3 is 0 Å². The fourth-order valence-electron chi connectivity index (χ4n) is 3.14. The summed E-state index contributed by atoms with van der Waals surface area (Å²) in [5.41, 5.74) is 2.13. The van der Waals surface area contributed by atoms with Crippen LogP contribution in [0.4, 0.5) is 5.69 Å². The summed E-state index contributed by atoms with van der Waals surface area (Å²) in [5, 5.41) is 2.82. The molecule has 2 aromatic heterocycles. The fourth-order valence-corrected chi connectivity index (χ4v) is 4.87. The predicted molar refractivity (Wildman–Crippen MR) is 99.7 cm³/mol. The quantitative estimate of drug-likeness (QED) is 0.822. The van der Waals surface area contributed by atoms with Gasteiger partial charge < -0.3 is 10.2 Å². The molecule has 2 aromatic rings. The molecule has 1 amide bonds. The summed E-state index contributed by atoms with van der Waals surface area (Å²) in [7, 11) is -2.94. The number of nitrogens with zero attached hydrogens (tertiary/aromatic N) is 3. The van der Waals surface area contributed by atoms with E-state index in [1.54, 1.807) is 24.7 Å². The lowest BCUT2D eigenvalue weighted by Gasteiger charge is -2.28. The number of pyridine rings is 2. The van der Waals surface area contributed by atoms with Gasteiger partial charge in [0.05, 0.1) is 23.4 Å². The Labute approximate surface area is 153 Å². The van der Waals surface area contributed by atoms with E-state index in [4.69, 9.17) is 0 Å². The van der Waals surface area contributed by atoms with Crippen LogP contribution in [0, 0.1) is 0 Å². The fraction of sp³-hybridized carbons (Fsp3) is 0.389. The van der Waals surface area contributed by atoms with Crippen LogP contribution in [-0.4, -0.2) is 48.4 Å². The maximum absolute atomic E-state index is 12.2. The lowest BCUT2D eigenvalue weighted by atomic mass is 10.2. The number of anilines is 1. The van der Waals surface area contributed by atoms with Crippen LogP contribution in [0.25, 0.3) is 0 Å². The molecule has 0 spiro atoms. The molecule has 1 saturated heterocycles. The summed E-state index contributed by atoms with van der Waals surface area (Å²) in [5.74, 6) is 0.159. The maximum atomic E-state index is 12.2. The lowest BCUT2D eigenvalue weighted by molar-refractivity contribution is 0.0946. The number of sulfone groups is 1. The second kappa shape index (κ2) is 7.82. The van der Waals surface area contributed by atoms with Crippen LogP contribution in [0.2, 0.25) is 0 Å². The molecule has 7 nitrogen and oxygen atoms in total. The Morgan fingerprint density at radius 3 is 2.62 bits per heavy atom. The van der Waals surface area contributed by atoms with Crippen molar-refractivity contribution in [1.29, 1.82) is 0 Å². The molecule has 0 aliphatic carbocycles. The SMILES string of the molecule is CCN(c1ccc(C(=O)NCc2ccncc2)nc1)C1CCS(=O)(=O)C1. The second-order valence-electron chi connectivity index (χ2n) is 6.28. The average molecular weight is 374 g/mol. The van der Waals surface area contributed by atoms with E-state index in [9.17, 15) is 13.2 Å². The Morgan fingerprint density at radius 2 is 2.04 bits per heavy atom. The second-order valence-corrected chi connectivity index (χ2v) is 8.51. The first kappa shape index (κ1) is 18.3. The molecule has 26 heavy (non-hydrogen) atoms. The van der Waals surface area contributed by atoms with Crippen molar-refractivity contribution in [3.63, 3.8) is 0 Å². The summed E-state index contributed by atoms with van der Waals surface area (Å²) in [6.45, 7) is 3.08. The minimum absolute atomic E-state index is 0.0295. The van der Waals surface area contributed by atoms with E-state index in [-0.39, 0.29) is 23.5 Å². The molecular weight excluding hydrogens is 352 g/mol. The highest BCUT2D eigenvalue weighted by Gasteiger charge is 2.31. The van der Waals surface area contributed by atoms with Gasteiger partial charge in [0.15, 0.2) is 9.84 Å². The number of nitrogens with one attached hydrogen (secondary N) is 1. The summed E-state index contributed by atoms with van der Waals surface area (Å²) >= 11 is 0. The molecule has 0 saturated carbocycles. The standard InChI is InChI=1S/C18H22N4O3S/c1-2-22(16-7-10-26(24,25)13-16)15-3-4-17(20-12-15)18(23)21-11-14-5-8-19-9-6-14/h3-6,8-9,12,16H,2,7,10-11,13H2,1H3,(H,21,23). The summed E-state index contributed by atoms with van der Waals surface area (Å²) in [6.07, 6.45) is 5.62. The van der Waals surface area contributed by atoms with Gasteiger partial charge in [0.1, 0.15) is 5.69 Å². The molecular formula is C18H22N4O3S. The van der Waals surface area contributed by atoms with E-state index in [2.05, 4.69) is 15.3 Å². The maximum Gasteiger partial charge on any atom is 0.270 e. The van der Waals surface area contributed by atoms with Crippen LogP contribution in [0.15, 0.2) is 42.9 Å². The van der Waals surface area contributed by atoms with Crippen molar-refractivity contribution in [2.45, 2.75) is 25.9 Å². The number of amides is 1. The van der Waals surface area contributed by atoms with E-state index in [1.807, 2.05) is 30.0 Å². The molecule has 1 N–H and O–H groups in total. The summed E-state index contributed by atoms with van der Waals surface area (Å²) in [4.78, 5) is 22.5. The Balaban J connectivity index is 1.64. The minimum atomic E-state index is -2.94. The molecule has 1 aliphatic heterocycles.